The number of ether oxygens (including phenoxy) is 6. The van der Waals surface area contributed by atoms with E-state index in [1.54, 1.807) is 0 Å². The molecule has 0 radical (unpaired) electrons. The molecule has 7 N–H and O–H groups in total. The second kappa shape index (κ2) is 48.6. The maximum Gasteiger partial charge on any atom is 0.306 e. The van der Waals surface area contributed by atoms with Gasteiger partial charge in [-0.2, -0.15) is 0 Å². The summed E-state index contributed by atoms with van der Waals surface area (Å²) in [5.74, 6) is -0.381. The molecule has 0 spiro atoms. The Kier molecular flexibility index (Phi) is 44.6. The Morgan fingerprint density at radius 1 is 0.447 bits per heavy atom. The standard InChI is InChI=1S/C62H110O14/c1-3-5-7-9-11-13-15-17-19-21-23-24-25-26-27-28-30-32-34-36-38-40-42-44-46-71-48-51(74-54(64)45-43-41-39-37-35-33-31-29-22-20-18-16-14-12-10-8-6-4-2)49-72-61-60(70)58(68)56(66)53(76-61)50-73-62-59(69)57(67)55(65)52(47-63)75-62/h5,7,11,13,17,19-20,22-24,51-53,55-63,65-70H,3-4,6,8-10,12,14-16,18,21,25-50H2,1-2H3/b7-5-,13-11-,19-17-,22-20-,24-23-. The molecule has 2 fully saturated rings. The molecule has 11 atom stereocenters. The average Bonchev–Trinajstić information content (AvgIpc) is 3.42. The van der Waals surface area contributed by atoms with Gasteiger partial charge in [-0.05, 0) is 77.0 Å². The Hall–Kier alpha value is -2.31. The predicted molar refractivity (Wildman–Crippen MR) is 302 cm³/mol. The van der Waals surface area contributed by atoms with Crippen LogP contribution in [0, 0.1) is 0 Å². The number of carbonyl (C=O) groups is 1. The largest absolute Gasteiger partial charge is 0.457 e. The molecule has 0 aromatic rings. The summed E-state index contributed by atoms with van der Waals surface area (Å²) < 4.78 is 34.4. The highest BCUT2D eigenvalue weighted by atomic mass is 16.7. The summed E-state index contributed by atoms with van der Waals surface area (Å²) in [6.45, 7) is 3.58. The van der Waals surface area contributed by atoms with Crippen molar-refractivity contribution in [2.24, 2.45) is 0 Å². The van der Waals surface area contributed by atoms with Crippen molar-refractivity contribution in [3.63, 3.8) is 0 Å². The summed E-state index contributed by atoms with van der Waals surface area (Å²) in [7, 11) is 0. The summed E-state index contributed by atoms with van der Waals surface area (Å²) in [5.41, 5.74) is 0. The van der Waals surface area contributed by atoms with Gasteiger partial charge < -0.3 is 64.2 Å². The zero-order valence-electron chi connectivity index (χ0n) is 47.5. The number of aliphatic hydroxyl groups excluding tert-OH is 7. The number of carbonyl (C=O) groups excluding carboxylic acids is 1. The first-order valence-electron chi connectivity index (χ1n) is 30.4. The molecule has 0 aromatic heterocycles. The smallest absolute Gasteiger partial charge is 0.306 e. The van der Waals surface area contributed by atoms with Gasteiger partial charge in [0.1, 0.15) is 54.9 Å². The lowest BCUT2D eigenvalue weighted by molar-refractivity contribution is -0.332. The van der Waals surface area contributed by atoms with Crippen LogP contribution >= 0.6 is 0 Å². The topological polar surface area (TPSA) is 214 Å². The van der Waals surface area contributed by atoms with Gasteiger partial charge in [-0.15, -0.1) is 0 Å². The van der Waals surface area contributed by atoms with Crippen molar-refractivity contribution < 1.29 is 69.0 Å². The SMILES string of the molecule is CC/C=C\C/C=C\C/C=C\C/C=C\CCCCCCCCCCCCCOCC(COC1OC(COC2OC(CO)C(O)C(O)C2O)C(O)C(O)C1O)OC(=O)CCCCCCCCC/C=C\CCCCCCCCC. The third-order valence-corrected chi connectivity index (χ3v) is 14.3. The molecule has 2 aliphatic heterocycles. The summed E-state index contributed by atoms with van der Waals surface area (Å²) in [6.07, 6.45) is 44.2. The van der Waals surface area contributed by atoms with E-state index in [0.717, 1.165) is 77.0 Å². The van der Waals surface area contributed by atoms with E-state index in [2.05, 4.69) is 74.6 Å². The van der Waals surface area contributed by atoms with E-state index in [1.807, 2.05) is 0 Å². The molecule has 14 nitrogen and oxygen atoms in total. The molecular weight excluding hydrogens is 969 g/mol. The Balaban J connectivity index is 1.69. The van der Waals surface area contributed by atoms with E-state index >= 15 is 0 Å². The number of esters is 1. The summed E-state index contributed by atoms with van der Waals surface area (Å²) in [5, 5.41) is 72.4. The highest BCUT2D eigenvalue weighted by molar-refractivity contribution is 5.69. The Labute approximate surface area is 460 Å². The van der Waals surface area contributed by atoms with Gasteiger partial charge in [-0.3, -0.25) is 4.79 Å². The number of hydrogen-bond donors (Lipinski definition) is 7. The van der Waals surface area contributed by atoms with Crippen molar-refractivity contribution in [2.45, 2.75) is 293 Å². The van der Waals surface area contributed by atoms with Gasteiger partial charge in [0.15, 0.2) is 12.6 Å². The van der Waals surface area contributed by atoms with Crippen LogP contribution in [0.4, 0.5) is 0 Å². The van der Waals surface area contributed by atoms with Crippen LogP contribution in [0.1, 0.15) is 226 Å². The lowest BCUT2D eigenvalue weighted by Crippen LogP contribution is -2.61. The zero-order chi connectivity index (χ0) is 55.1. The van der Waals surface area contributed by atoms with Crippen LogP contribution in [-0.4, -0.2) is 142 Å². The third kappa shape index (κ3) is 34.6. The van der Waals surface area contributed by atoms with Gasteiger partial charge in [-0.25, -0.2) is 0 Å². The maximum atomic E-state index is 13.1. The second-order valence-corrected chi connectivity index (χ2v) is 21.1. The van der Waals surface area contributed by atoms with Crippen LogP contribution in [0.2, 0.25) is 0 Å². The number of unbranched alkanes of at least 4 members (excludes halogenated alkanes) is 25. The van der Waals surface area contributed by atoms with E-state index < -0.39 is 80.7 Å². The van der Waals surface area contributed by atoms with E-state index in [1.165, 1.54) is 122 Å². The molecule has 0 aromatic carbocycles. The number of allylic oxidation sites excluding steroid dienone is 10. The number of hydrogen-bond acceptors (Lipinski definition) is 14. The highest BCUT2D eigenvalue weighted by Gasteiger charge is 2.47. The molecule has 76 heavy (non-hydrogen) atoms. The average molecular weight is 1080 g/mol. The number of aliphatic hydroxyl groups is 7. The number of rotatable bonds is 49. The van der Waals surface area contributed by atoms with Crippen molar-refractivity contribution in [1.82, 2.24) is 0 Å². The van der Waals surface area contributed by atoms with Crippen LogP contribution in [0.3, 0.4) is 0 Å². The van der Waals surface area contributed by atoms with Gasteiger partial charge in [0.2, 0.25) is 0 Å². The molecule has 0 bridgehead atoms. The lowest BCUT2D eigenvalue weighted by Gasteiger charge is -2.42. The maximum absolute atomic E-state index is 13.1. The molecule has 0 amide bonds. The highest BCUT2D eigenvalue weighted by Crippen LogP contribution is 2.27. The van der Waals surface area contributed by atoms with E-state index in [0.29, 0.717) is 13.0 Å². The minimum atomic E-state index is -1.71. The Morgan fingerprint density at radius 3 is 1.36 bits per heavy atom. The quantitative estimate of drug-likeness (QED) is 0.0172. The second-order valence-electron chi connectivity index (χ2n) is 21.1. The lowest BCUT2D eigenvalue weighted by atomic mass is 9.98. The normalized spacial score (nSPS) is 24.9. The van der Waals surface area contributed by atoms with Crippen molar-refractivity contribution in [3.8, 4) is 0 Å². The summed E-state index contributed by atoms with van der Waals surface area (Å²) in [6, 6.07) is 0. The Bertz CT molecular complexity index is 1490. The minimum absolute atomic E-state index is 0.0567. The molecule has 442 valence electrons. The monoisotopic (exact) mass is 1080 g/mol. The van der Waals surface area contributed by atoms with Crippen LogP contribution < -0.4 is 0 Å². The fourth-order valence-corrected chi connectivity index (χ4v) is 9.39. The molecule has 2 saturated heterocycles. The van der Waals surface area contributed by atoms with E-state index in [4.69, 9.17) is 28.4 Å². The van der Waals surface area contributed by atoms with Crippen molar-refractivity contribution >= 4 is 5.97 Å². The van der Waals surface area contributed by atoms with Crippen LogP contribution in [0.5, 0.6) is 0 Å². The van der Waals surface area contributed by atoms with Crippen LogP contribution in [0.25, 0.3) is 0 Å². The fraction of sp³-hybridized carbons (Fsp3) is 0.823. The first-order chi connectivity index (χ1) is 37.1. The molecule has 14 heteroatoms. The molecule has 2 aliphatic rings. The minimum Gasteiger partial charge on any atom is -0.457 e. The van der Waals surface area contributed by atoms with Crippen molar-refractivity contribution in [2.75, 3.05) is 33.0 Å². The fourth-order valence-electron chi connectivity index (χ4n) is 9.39. The molecule has 0 aliphatic carbocycles. The van der Waals surface area contributed by atoms with Crippen LogP contribution in [0.15, 0.2) is 60.8 Å². The van der Waals surface area contributed by atoms with Gasteiger partial charge >= 0.3 is 5.97 Å². The van der Waals surface area contributed by atoms with Crippen molar-refractivity contribution in [1.29, 1.82) is 0 Å². The summed E-state index contributed by atoms with van der Waals surface area (Å²) in [4.78, 5) is 13.1. The van der Waals surface area contributed by atoms with Gasteiger partial charge in [0, 0.05) is 13.0 Å². The first kappa shape index (κ1) is 69.8. The first-order valence-corrected chi connectivity index (χ1v) is 30.4. The predicted octanol–water partition coefficient (Wildman–Crippen LogP) is 11.2. The van der Waals surface area contributed by atoms with Gasteiger partial charge in [0.25, 0.3) is 0 Å². The molecule has 0 saturated carbocycles. The van der Waals surface area contributed by atoms with E-state index in [9.17, 15) is 40.5 Å². The van der Waals surface area contributed by atoms with Gasteiger partial charge in [-0.1, -0.05) is 203 Å². The van der Waals surface area contributed by atoms with E-state index in [-0.39, 0.29) is 25.6 Å². The molecule has 2 rings (SSSR count). The van der Waals surface area contributed by atoms with Crippen LogP contribution in [-0.2, 0) is 33.2 Å². The van der Waals surface area contributed by atoms with Crippen molar-refractivity contribution in [3.05, 3.63) is 60.8 Å². The third-order valence-electron chi connectivity index (χ3n) is 14.3. The summed E-state index contributed by atoms with van der Waals surface area (Å²) >= 11 is 0. The Morgan fingerprint density at radius 2 is 0.855 bits per heavy atom. The zero-order valence-corrected chi connectivity index (χ0v) is 47.5. The molecule has 11 unspecified atom stereocenters. The molecular formula is C62H110O14. The van der Waals surface area contributed by atoms with Gasteiger partial charge in [0.05, 0.1) is 26.4 Å². The molecule has 2 heterocycles.